The maximum Gasteiger partial charge on any atom is 0.345 e. The summed E-state index contributed by atoms with van der Waals surface area (Å²) in [7, 11) is -2.37. The van der Waals surface area contributed by atoms with Gasteiger partial charge in [0.05, 0.1) is 53.1 Å². The number of ketones is 2. The number of nitrogens with one attached hydrogen (secondary N) is 2. The Kier molecular flexibility index (Phi) is 16.5. The molecule has 14 heteroatoms. The van der Waals surface area contributed by atoms with Crippen LogP contribution in [0.1, 0.15) is 143 Å². The van der Waals surface area contributed by atoms with Crippen molar-refractivity contribution in [2.24, 2.45) is 34.5 Å². The van der Waals surface area contributed by atoms with Crippen molar-refractivity contribution < 1.29 is 50.7 Å². The smallest absolute Gasteiger partial charge is 0.345 e. The van der Waals surface area contributed by atoms with Gasteiger partial charge in [0.15, 0.2) is 5.78 Å². The number of esters is 1. The van der Waals surface area contributed by atoms with Crippen molar-refractivity contribution in [1.29, 1.82) is 0 Å². The van der Waals surface area contributed by atoms with Crippen molar-refractivity contribution in [1.82, 2.24) is 10.6 Å². The molecule has 73 heavy (non-hydrogen) atoms. The van der Waals surface area contributed by atoms with Gasteiger partial charge in [-0.3, -0.25) is 19.2 Å². The van der Waals surface area contributed by atoms with Crippen LogP contribution in [0.2, 0.25) is 0 Å². The molecule has 3 fully saturated rings. The topological polar surface area (TPSA) is 180 Å². The third kappa shape index (κ3) is 11.7. The van der Waals surface area contributed by atoms with Crippen molar-refractivity contribution in [2.75, 3.05) is 45.5 Å². The molecule has 0 saturated heterocycles. The molecule has 1 aromatic heterocycles. The van der Waals surface area contributed by atoms with E-state index in [-0.39, 0.29) is 40.8 Å². The molecule has 1 heterocycles. The number of nitrogens with zero attached hydrogens (tertiary/aromatic N) is 2. The zero-order valence-electron chi connectivity index (χ0n) is 44.0. The molecule has 4 unspecified atom stereocenters. The minimum Gasteiger partial charge on any atom is -0.748 e. The number of ether oxygens (including phenoxy) is 1. The number of quaternary nitrogens is 1. The number of benzene rings is 3. The van der Waals surface area contributed by atoms with Gasteiger partial charge < -0.3 is 24.4 Å². The van der Waals surface area contributed by atoms with Crippen LogP contribution >= 0.6 is 0 Å². The number of aryl methyl sites for hydroxylation is 3. The molecule has 13 nitrogen and oxygen atoms in total. The van der Waals surface area contributed by atoms with Gasteiger partial charge in [-0.25, -0.2) is 13.2 Å². The third-order valence-corrected chi connectivity index (χ3v) is 18.6. The van der Waals surface area contributed by atoms with E-state index in [2.05, 4.69) is 36.0 Å². The van der Waals surface area contributed by atoms with Gasteiger partial charge in [-0.05, 0) is 123 Å². The molecular formula is C59H77N4O9S+. The molecule has 2 N–H and O–H groups in total. The Bertz CT molecular complexity index is 2850. The molecule has 4 aromatic rings. The maximum atomic E-state index is 14.2. The van der Waals surface area contributed by atoms with E-state index < -0.39 is 21.8 Å². The monoisotopic (exact) mass is 1020 g/mol. The number of unbranched alkanes of at least 4 members (excludes halogenated alkanes) is 1. The van der Waals surface area contributed by atoms with Gasteiger partial charge in [0, 0.05) is 86.9 Å². The molecular weight excluding hydrogens is 941 g/mol. The Hall–Kier alpha value is -5.31. The van der Waals surface area contributed by atoms with Gasteiger partial charge in [-0.15, -0.1) is 0 Å². The Morgan fingerprint density at radius 2 is 1.44 bits per heavy atom. The van der Waals surface area contributed by atoms with Crippen molar-refractivity contribution in [3.05, 3.63) is 94.6 Å². The van der Waals surface area contributed by atoms with Crippen LogP contribution in [-0.2, 0) is 31.0 Å². The highest BCUT2D eigenvalue weighted by atomic mass is 32.2. The van der Waals surface area contributed by atoms with E-state index in [1.165, 1.54) is 5.57 Å². The van der Waals surface area contributed by atoms with Crippen molar-refractivity contribution in [3.63, 3.8) is 0 Å². The first kappa shape index (κ1) is 54.0. The number of hydrogen-bond acceptors (Lipinski definition) is 9. The second kappa shape index (κ2) is 22.3. The lowest BCUT2D eigenvalue weighted by molar-refractivity contribution is -0.909. The van der Waals surface area contributed by atoms with Gasteiger partial charge >= 0.3 is 5.97 Å². The average molecular weight is 1020 g/mol. The molecule has 2 amide bonds. The van der Waals surface area contributed by atoms with Crippen LogP contribution in [0.4, 0.5) is 0 Å². The number of fused-ring (bicyclic) bond motifs is 7. The van der Waals surface area contributed by atoms with Crippen molar-refractivity contribution in [2.45, 2.75) is 131 Å². The first-order valence-corrected chi connectivity index (χ1v) is 28.6. The fraction of sp³-hybridized carbons (Fsp3) is 0.559. The normalized spacial score (nSPS) is 24.6. The Labute approximate surface area is 432 Å². The lowest BCUT2D eigenvalue weighted by Crippen LogP contribution is -2.53. The highest BCUT2D eigenvalue weighted by Crippen LogP contribution is 2.66. The number of para-hydroxylation sites is 2. The zero-order chi connectivity index (χ0) is 52.3. The number of hydrogen-bond donors (Lipinski definition) is 2. The Morgan fingerprint density at radius 3 is 2.08 bits per heavy atom. The lowest BCUT2D eigenvalue weighted by atomic mass is 9.44. The summed E-state index contributed by atoms with van der Waals surface area (Å²) in [5.74, 6) is 1.06. The Balaban J connectivity index is 0.850. The van der Waals surface area contributed by atoms with E-state index in [4.69, 9.17) is 4.74 Å². The van der Waals surface area contributed by atoms with Crippen LogP contribution < -0.4 is 19.9 Å². The molecule has 0 radical (unpaired) electrons. The second-order valence-corrected chi connectivity index (χ2v) is 24.2. The molecule has 0 spiro atoms. The summed E-state index contributed by atoms with van der Waals surface area (Å²) in [6, 6.07) is 19.3. The number of carbonyl (C=O) groups is 5. The molecule has 0 bridgehead atoms. The number of rotatable bonds is 21. The van der Waals surface area contributed by atoms with Crippen LogP contribution in [0.15, 0.2) is 72.3 Å². The maximum absolute atomic E-state index is 14.2. The highest BCUT2D eigenvalue weighted by molar-refractivity contribution is 7.85. The summed E-state index contributed by atoms with van der Waals surface area (Å²) < 4.78 is 43.6. The van der Waals surface area contributed by atoms with Gasteiger partial charge in [-0.1, -0.05) is 57.0 Å². The molecule has 7 atom stereocenters. The van der Waals surface area contributed by atoms with Gasteiger partial charge in [0.25, 0.3) is 5.91 Å². The largest absolute Gasteiger partial charge is 0.748 e. The second-order valence-electron chi connectivity index (χ2n) is 22.7. The third-order valence-electron chi connectivity index (χ3n) is 17.8. The van der Waals surface area contributed by atoms with Crippen LogP contribution in [0.25, 0.3) is 21.8 Å². The zero-order valence-corrected chi connectivity index (χ0v) is 44.8. The van der Waals surface area contributed by atoms with Crippen molar-refractivity contribution >= 4 is 61.3 Å². The first-order chi connectivity index (χ1) is 34.7. The summed E-state index contributed by atoms with van der Waals surface area (Å²) in [4.78, 5) is 67.1. The number of amides is 2. The number of Topliss-reactive ketones (excluding diaryl/α,β-unsaturated/α-hetero) is 1. The molecule has 4 aliphatic rings. The van der Waals surface area contributed by atoms with Gasteiger partial charge in [-0.2, -0.15) is 4.57 Å². The van der Waals surface area contributed by atoms with Crippen LogP contribution in [0.5, 0.6) is 5.75 Å². The average Bonchev–Trinajstić information content (AvgIpc) is 3.66. The number of carbonyl (C=O) groups excluding carboxylic acids is 5. The summed E-state index contributed by atoms with van der Waals surface area (Å²) >= 11 is 0. The summed E-state index contributed by atoms with van der Waals surface area (Å²) in [5, 5.41) is 7.78. The summed E-state index contributed by atoms with van der Waals surface area (Å²) in [6.45, 7) is 13.6. The molecule has 3 saturated carbocycles. The van der Waals surface area contributed by atoms with Crippen LogP contribution in [-0.4, -0.2) is 92.3 Å². The number of allylic oxidation sites excluding steroid dienone is 1. The predicted octanol–water partition coefficient (Wildman–Crippen LogP) is 9.03. The highest BCUT2D eigenvalue weighted by Gasteiger charge is 2.61. The molecule has 3 aromatic carbocycles. The van der Waals surface area contributed by atoms with E-state index in [1.54, 1.807) is 12.1 Å². The predicted molar refractivity (Wildman–Crippen MR) is 282 cm³/mol. The quantitative estimate of drug-likeness (QED) is 0.0157. The van der Waals surface area contributed by atoms with Crippen molar-refractivity contribution in [3.8, 4) is 5.75 Å². The van der Waals surface area contributed by atoms with Gasteiger partial charge in [0.1, 0.15) is 18.1 Å². The molecule has 8 rings (SSSR count). The van der Waals surface area contributed by atoms with E-state index >= 15 is 0 Å². The summed E-state index contributed by atoms with van der Waals surface area (Å²) in [6.07, 6.45) is 12.1. The van der Waals surface area contributed by atoms with E-state index in [0.29, 0.717) is 127 Å². The molecule has 0 aliphatic heterocycles. The lowest BCUT2D eigenvalue weighted by Gasteiger charge is -2.59. The van der Waals surface area contributed by atoms with E-state index in [0.717, 1.165) is 73.3 Å². The van der Waals surface area contributed by atoms with Crippen LogP contribution in [0, 0.1) is 48.3 Å². The number of aromatic nitrogens is 1. The van der Waals surface area contributed by atoms with E-state index in [9.17, 15) is 36.9 Å². The first-order valence-electron chi connectivity index (χ1n) is 27.0. The summed E-state index contributed by atoms with van der Waals surface area (Å²) in [5.41, 5.74) is 5.06. The molecule has 4 aliphatic carbocycles. The minimum absolute atomic E-state index is 0.0282. The fourth-order valence-electron chi connectivity index (χ4n) is 13.9. The number of pyridine rings is 1. The standard InChI is InChI=1S/C59H76N4O9S/c1-7-8-30-62-49-18-11-9-16-45(49)54(46-17-10-12-19-50(46)62)57(68)72-55-39(2)35-42(36-40(55)3)56(67)61-29-14-32-63(6,33-15-34-73(69,70)71)31-13-28-60-52(66)23-20-41-37-43-38-44(64)24-26-58(43,4)48-25-27-59(5)47(53(41)48)21-22-51(59)65/h9-12,16-19,35-36,38,41,47-48,53H,7-8,13-15,20-34,37H2,1-6H3,(H-2,60,61,66,67,69,70,71)/p+1/t41-,47?,48?,53?,58+,59+,63?/m1/s1. The SMILES string of the molecule is CCCC[n+]1c2ccccc2c(C(=O)Oc2c(C)cc(C(=O)NCCC[N+](C)(CCCNC(=O)CC[C@@H]3CC4=CC(=O)CC[C@]4(C)C4CC[C@]5(C)C(=O)CCC5C43)CCCS(=O)(=O)[O-])cc2C)c2ccccc21. The minimum atomic E-state index is -4.39. The van der Waals surface area contributed by atoms with E-state index in [1.807, 2.05) is 75.5 Å². The molecule has 392 valence electrons. The van der Waals surface area contributed by atoms with Gasteiger partial charge in [0.2, 0.25) is 16.9 Å². The van der Waals surface area contributed by atoms with Crippen LogP contribution in [0.3, 0.4) is 0 Å². The Morgan fingerprint density at radius 1 is 0.822 bits per heavy atom. The fourth-order valence-corrected chi connectivity index (χ4v) is 14.3.